The van der Waals surface area contributed by atoms with E-state index in [1.165, 1.54) is 0 Å². The highest BCUT2D eigenvalue weighted by Gasteiger charge is 2.25. The van der Waals surface area contributed by atoms with E-state index in [-0.39, 0.29) is 18.9 Å². The number of hydrogen-bond acceptors (Lipinski definition) is 3. The van der Waals surface area contributed by atoms with E-state index in [4.69, 9.17) is 10.2 Å². The van der Waals surface area contributed by atoms with Crippen LogP contribution in [0.3, 0.4) is 0 Å². The number of hydrogen-bond donors (Lipinski definition) is 1. The first kappa shape index (κ1) is 18.7. The number of nitrogens with zero attached hydrogens (tertiary/aromatic N) is 1. The van der Waals surface area contributed by atoms with Gasteiger partial charge >= 0.3 is 0 Å². The highest BCUT2D eigenvalue weighted by molar-refractivity contribution is 6.00. The van der Waals surface area contributed by atoms with Gasteiger partial charge < -0.3 is 15.1 Å². The molecule has 2 N–H and O–H groups in total. The summed E-state index contributed by atoms with van der Waals surface area (Å²) in [6.45, 7) is 6.51. The molecule has 27 heavy (non-hydrogen) atoms. The minimum absolute atomic E-state index is 0.107. The van der Waals surface area contributed by atoms with Gasteiger partial charge in [-0.1, -0.05) is 42.5 Å². The van der Waals surface area contributed by atoms with Crippen LogP contribution in [0.4, 0.5) is 0 Å². The van der Waals surface area contributed by atoms with Gasteiger partial charge in [-0.2, -0.15) is 0 Å². The van der Waals surface area contributed by atoms with E-state index in [1.807, 2.05) is 63.2 Å². The van der Waals surface area contributed by atoms with Crippen LogP contribution in [0, 0.1) is 20.8 Å². The topological polar surface area (TPSA) is 76.5 Å². The SMILES string of the molecule is Cc1ccc(C)c2c(C)c(C(=O)N(CCC(N)=O)Cc3ccccc3)oc12. The lowest BCUT2D eigenvalue weighted by Crippen LogP contribution is -2.33. The van der Waals surface area contributed by atoms with Crippen molar-refractivity contribution in [3.63, 3.8) is 0 Å². The van der Waals surface area contributed by atoms with Crippen molar-refractivity contribution in [1.29, 1.82) is 0 Å². The number of amides is 2. The lowest BCUT2D eigenvalue weighted by molar-refractivity contribution is -0.118. The average Bonchev–Trinajstić information content (AvgIpc) is 3.00. The number of primary amides is 1. The van der Waals surface area contributed by atoms with Crippen LogP contribution >= 0.6 is 0 Å². The smallest absolute Gasteiger partial charge is 0.290 e. The fourth-order valence-electron chi connectivity index (χ4n) is 3.32. The predicted molar refractivity (Wildman–Crippen MR) is 105 cm³/mol. The van der Waals surface area contributed by atoms with E-state index in [0.29, 0.717) is 12.3 Å². The van der Waals surface area contributed by atoms with Crippen molar-refractivity contribution in [2.75, 3.05) is 6.54 Å². The highest BCUT2D eigenvalue weighted by Crippen LogP contribution is 2.31. The normalized spacial score (nSPS) is 10.9. The summed E-state index contributed by atoms with van der Waals surface area (Å²) in [5.41, 5.74) is 9.92. The maximum atomic E-state index is 13.3. The molecule has 2 amide bonds. The third-order valence-electron chi connectivity index (χ3n) is 4.81. The van der Waals surface area contributed by atoms with Crippen molar-refractivity contribution < 1.29 is 14.0 Å². The van der Waals surface area contributed by atoms with Crippen LogP contribution in [0.1, 0.15) is 39.2 Å². The monoisotopic (exact) mass is 364 g/mol. The minimum Gasteiger partial charge on any atom is -0.450 e. The van der Waals surface area contributed by atoms with Crippen molar-refractivity contribution in [3.8, 4) is 0 Å². The molecule has 140 valence electrons. The molecule has 0 bridgehead atoms. The summed E-state index contributed by atoms with van der Waals surface area (Å²) < 4.78 is 5.99. The predicted octanol–water partition coefficient (Wildman–Crippen LogP) is 3.88. The Bertz CT molecular complexity index is 990. The van der Waals surface area contributed by atoms with Crippen LogP contribution in [-0.2, 0) is 11.3 Å². The number of nitrogens with two attached hydrogens (primary N) is 1. The maximum Gasteiger partial charge on any atom is 0.290 e. The summed E-state index contributed by atoms with van der Waals surface area (Å²) in [5.74, 6) is -0.343. The van der Waals surface area contributed by atoms with Gasteiger partial charge in [-0.05, 0) is 37.5 Å². The molecule has 0 saturated carbocycles. The van der Waals surface area contributed by atoms with Gasteiger partial charge in [0.15, 0.2) is 5.76 Å². The summed E-state index contributed by atoms with van der Waals surface area (Å²) in [4.78, 5) is 26.1. The average molecular weight is 364 g/mol. The zero-order valence-electron chi connectivity index (χ0n) is 15.9. The van der Waals surface area contributed by atoms with Gasteiger partial charge in [0, 0.05) is 30.5 Å². The van der Waals surface area contributed by atoms with Crippen LogP contribution in [-0.4, -0.2) is 23.3 Å². The van der Waals surface area contributed by atoms with Crippen LogP contribution in [0.25, 0.3) is 11.0 Å². The first-order chi connectivity index (χ1) is 12.9. The largest absolute Gasteiger partial charge is 0.450 e. The van der Waals surface area contributed by atoms with Crippen LogP contribution in [0.2, 0.25) is 0 Å². The second-order valence-corrected chi connectivity index (χ2v) is 6.89. The summed E-state index contributed by atoms with van der Waals surface area (Å²) in [7, 11) is 0. The van der Waals surface area contributed by atoms with E-state index >= 15 is 0 Å². The molecule has 0 aliphatic carbocycles. The van der Waals surface area contributed by atoms with Crippen LogP contribution < -0.4 is 5.73 Å². The maximum absolute atomic E-state index is 13.3. The van der Waals surface area contributed by atoms with Gasteiger partial charge in [0.2, 0.25) is 5.91 Å². The molecule has 0 fully saturated rings. The second-order valence-electron chi connectivity index (χ2n) is 6.89. The van der Waals surface area contributed by atoms with Crippen molar-refractivity contribution in [2.45, 2.75) is 33.7 Å². The number of rotatable bonds is 6. The summed E-state index contributed by atoms with van der Waals surface area (Å²) >= 11 is 0. The van der Waals surface area contributed by atoms with Gasteiger partial charge in [0.05, 0.1) is 0 Å². The number of fused-ring (bicyclic) bond motifs is 1. The van der Waals surface area contributed by atoms with Gasteiger partial charge in [-0.25, -0.2) is 0 Å². The number of furan rings is 1. The lowest BCUT2D eigenvalue weighted by atomic mass is 10.0. The molecule has 0 aliphatic heterocycles. The third kappa shape index (κ3) is 3.87. The summed E-state index contributed by atoms with van der Waals surface area (Å²) in [5, 5.41) is 0.980. The van der Waals surface area contributed by atoms with Crippen LogP contribution in [0.5, 0.6) is 0 Å². The van der Waals surface area contributed by atoms with E-state index in [1.54, 1.807) is 4.90 Å². The molecule has 0 aliphatic rings. The first-order valence-corrected chi connectivity index (χ1v) is 8.99. The third-order valence-corrected chi connectivity index (χ3v) is 4.81. The number of benzene rings is 2. The molecule has 3 aromatic rings. The highest BCUT2D eigenvalue weighted by atomic mass is 16.3. The van der Waals surface area contributed by atoms with Gasteiger partial charge in [0.25, 0.3) is 5.91 Å². The minimum atomic E-state index is -0.436. The lowest BCUT2D eigenvalue weighted by Gasteiger charge is -2.21. The molecule has 0 unspecified atom stereocenters. The van der Waals surface area contributed by atoms with E-state index < -0.39 is 5.91 Å². The van der Waals surface area contributed by atoms with Gasteiger partial charge in [0.1, 0.15) is 5.58 Å². The summed E-state index contributed by atoms with van der Waals surface area (Å²) in [6.07, 6.45) is 0.107. The molecule has 1 aromatic heterocycles. The zero-order chi connectivity index (χ0) is 19.6. The molecule has 0 radical (unpaired) electrons. The molecule has 2 aromatic carbocycles. The van der Waals surface area contributed by atoms with Crippen LogP contribution in [0.15, 0.2) is 46.9 Å². The molecule has 0 atom stereocenters. The van der Waals surface area contributed by atoms with Gasteiger partial charge in [-0.3, -0.25) is 9.59 Å². The molecule has 5 heteroatoms. The Morgan fingerprint density at radius 2 is 1.67 bits per heavy atom. The Labute approximate surface area is 158 Å². The Morgan fingerprint density at radius 3 is 2.30 bits per heavy atom. The molecule has 0 spiro atoms. The molecule has 1 heterocycles. The first-order valence-electron chi connectivity index (χ1n) is 8.99. The fraction of sp³-hybridized carbons (Fsp3) is 0.273. The molecular weight excluding hydrogens is 340 g/mol. The number of carbonyl (C=O) groups is 2. The van der Waals surface area contributed by atoms with E-state index in [2.05, 4.69) is 0 Å². The zero-order valence-corrected chi connectivity index (χ0v) is 15.9. The second kappa shape index (κ2) is 7.66. The van der Waals surface area contributed by atoms with Gasteiger partial charge in [-0.15, -0.1) is 0 Å². The Balaban J connectivity index is 1.99. The van der Waals surface area contributed by atoms with Crippen molar-refractivity contribution in [3.05, 3.63) is 70.5 Å². The molecule has 3 rings (SSSR count). The standard InChI is InChI=1S/C22H24N2O3/c1-14-9-10-15(2)20-19(14)16(3)21(27-20)22(26)24(12-11-18(23)25)13-17-7-5-4-6-8-17/h4-10H,11-13H2,1-3H3,(H2,23,25). The van der Waals surface area contributed by atoms with E-state index in [9.17, 15) is 9.59 Å². The molecule has 5 nitrogen and oxygen atoms in total. The van der Waals surface area contributed by atoms with E-state index in [0.717, 1.165) is 33.2 Å². The quantitative estimate of drug-likeness (QED) is 0.721. The molecule has 0 saturated heterocycles. The number of aryl methyl sites for hydroxylation is 3. The van der Waals surface area contributed by atoms with Crippen molar-refractivity contribution >= 4 is 22.8 Å². The Hall–Kier alpha value is -3.08. The summed E-state index contributed by atoms with van der Waals surface area (Å²) in [6, 6.07) is 13.7. The fourth-order valence-corrected chi connectivity index (χ4v) is 3.32. The Morgan fingerprint density at radius 1 is 1.00 bits per heavy atom. The van der Waals surface area contributed by atoms with Crippen molar-refractivity contribution in [2.24, 2.45) is 5.73 Å². The number of carbonyl (C=O) groups excluding carboxylic acids is 2. The Kier molecular flexibility index (Phi) is 5.31. The molecular formula is C22H24N2O3. The van der Waals surface area contributed by atoms with Crippen molar-refractivity contribution in [1.82, 2.24) is 4.90 Å².